The van der Waals surface area contributed by atoms with Crippen LogP contribution in [0.1, 0.15) is 11.7 Å². The summed E-state index contributed by atoms with van der Waals surface area (Å²) in [4.78, 5) is 20.4. The lowest BCUT2D eigenvalue weighted by atomic mass is 10.1. The Labute approximate surface area is 164 Å². The standard InChI is InChI=1S/C19H26N6O3/c1-20-19(21-11-17(26)14-5-4-6-16(9-14)28-3)24-7-8-25(18(27)13-24)15-10-22-23(2)12-15/h4-6,9-10,12,17,26H,7-8,11,13H2,1-3H3,(H,20,21). The van der Waals surface area contributed by atoms with Gasteiger partial charge in [0.25, 0.3) is 0 Å². The summed E-state index contributed by atoms with van der Waals surface area (Å²) in [6.45, 7) is 1.67. The largest absolute Gasteiger partial charge is 0.497 e. The second-order valence-electron chi connectivity index (χ2n) is 6.56. The van der Waals surface area contributed by atoms with E-state index in [-0.39, 0.29) is 19.0 Å². The molecule has 9 nitrogen and oxygen atoms in total. The molecule has 1 atom stereocenters. The zero-order chi connectivity index (χ0) is 20.1. The molecule has 28 heavy (non-hydrogen) atoms. The fourth-order valence-electron chi connectivity index (χ4n) is 3.16. The Bertz CT molecular complexity index is 850. The molecular formula is C19H26N6O3. The molecule has 1 aromatic carbocycles. The zero-order valence-electron chi connectivity index (χ0n) is 16.4. The van der Waals surface area contributed by atoms with E-state index in [9.17, 15) is 9.90 Å². The maximum Gasteiger partial charge on any atom is 0.246 e. The minimum Gasteiger partial charge on any atom is -0.497 e. The first kappa shape index (κ1) is 19.7. The molecule has 1 aliphatic heterocycles. The quantitative estimate of drug-likeness (QED) is 0.570. The topological polar surface area (TPSA) is 95.2 Å². The molecule has 1 fully saturated rings. The van der Waals surface area contributed by atoms with Gasteiger partial charge in [0.05, 0.1) is 25.1 Å². The van der Waals surface area contributed by atoms with E-state index >= 15 is 0 Å². The summed E-state index contributed by atoms with van der Waals surface area (Å²) < 4.78 is 6.87. The molecule has 150 valence electrons. The molecule has 2 heterocycles. The molecule has 1 unspecified atom stereocenters. The molecule has 2 N–H and O–H groups in total. The number of aliphatic imine (C=N–C) groups is 1. The number of aliphatic hydroxyl groups excluding tert-OH is 1. The summed E-state index contributed by atoms with van der Waals surface area (Å²) in [7, 11) is 5.08. The number of anilines is 1. The number of aromatic nitrogens is 2. The molecule has 0 spiro atoms. The Morgan fingerprint density at radius 2 is 2.25 bits per heavy atom. The fraction of sp³-hybridized carbons (Fsp3) is 0.421. The average molecular weight is 386 g/mol. The van der Waals surface area contributed by atoms with E-state index in [1.807, 2.05) is 36.3 Å². The van der Waals surface area contributed by atoms with Gasteiger partial charge in [-0.1, -0.05) is 12.1 Å². The number of carbonyl (C=O) groups excluding carboxylic acids is 1. The Hall–Kier alpha value is -3.07. The molecule has 1 saturated heterocycles. The third-order valence-corrected chi connectivity index (χ3v) is 4.67. The van der Waals surface area contributed by atoms with Gasteiger partial charge < -0.3 is 25.0 Å². The van der Waals surface area contributed by atoms with Gasteiger partial charge in [-0.05, 0) is 17.7 Å². The number of methoxy groups -OCH3 is 1. The lowest BCUT2D eigenvalue weighted by Gasteiger charge is -2.35. The van der Waals surface area contributed by atoms with Gasteiger partial charge >= 0.3 is 0 Å². The van der Waals surface area contributed by atoms with Gasteiger partial charge in [-0.15, -0.1) is 0 Å². The summed E-state index contributed by atoms with van der Waals surface area (Å²) in [5.41, 5.74) is 1.54. The molecular weight excluding hydrogens is 360 g/mol. The fourth-order valence-corrected chi connectivity index (χ4v) is 3.16. The Morgan fingerprint density at radius 1 is 1.43 bits per heavy atom. The SMILES string of the molecule is CN=C(NCC(O)c1cccc(OC)c1)N1CCN(c2cnn(C)c2)C(=O)C1. The number of nitrogens with one attached hydrogen (secondary N) is 1. The van der Waals surface area contributed by atoms with E-state index in [1.54, 1.807) is 36.0 Å². The highest BCUT2D eigenvalue weighted by Gasteiger charge is 2.27. The Kier molecular flexibility index (Phi) is 6.15. The summed E-state index contributed by atoms with van der Waals surface area (Å²) in [6.07, 6.45) is 2.79. The van der Waals surface area contributed by atoms with Crippen molar-refractivity contribution < 1.29 is 14.6 Å². The highest BCUT2D eigenvalue weighted by atomic mass is 16.5. The van der Waals surface area contributed by atoms with Gasteiger partial charge in [0.1, 0.15) is 12.3 Å². The summed E-state index contributed by atoms with van der Waals surface area (Å²) in [5, 5.41) is 17.7. The van der Waals surface area contributed by atoms with E-state index in [2.05, 4.69) is 15.4 Å². The number of aliphatic hydroxyl groups is 1. The molecule has 3 rings (SSSR count). The third kappa shape index (κ3) is 4.42. The lowest BCUT2D eigenvalue weighted by molar-refractivity contribution is -0.120. The van der Waals surface area contributed by atoms with Crippen LogP contribution in [0.5, 0.6) is 5.75 Å². The van der Waals surface area contributed by atoms with Crippen molar-refractivity contribution in [3.63, 3.8) is 0 Å². The van der Waals surface area contributed by atoms with Gasteiger partial charge in [0.15, 0.2) is 5.96 Å². The van der Waals surface area contributed by atoms with Crippen molar-refractivity contribution >= 4 is 17.6 Å². The smallest absolute Gasteiger partial charge is 0.246 e. The summed E-state index contributed by atoms with van der Waals surface area (Å²) in [5.74, 6) is 1.26. The number of carbonyl (C=O) groups is 1. The van der Waals surface area contributed by atoms with Crippen LogP contribution in [0, 0.1) is 0 Å². The molecule has 0 bridgehead atoms. The van der Waals surface area contributed by atoms with Gasteiger partial charge in [0.2, 0.25) is 5.91 Å². The maximum atomic E-state index is 12.6. The van der Waals surface area contributed by atoms with Crippen LogP contribution >= 0.6 is 0 Å². The number of hydrogen-bond donors (Lipinski definition) is 2. The highest BCUT2D eigenvalue weighted by molar-refractivity contribution is 5.98. The highest BCUT2D eigenvalue weighted by Crippen LogP contribution is 2.19. The first-order chi connectivity index (χ1) is 13.5. The average Bonchev–Trinajstić information content (AvgIpc) is 3.14. The number of amides is 1. The van der Waals surface area contributed by atoms with Crippen LogP contribution in [0.2, 0.25) is 0 Å². The van der Waals surface area contributed by atoms with E-state index in [1.165, 1.54) is 0 Å². The van der Waals surface area contributed by atoms with Crippen molar-refractivity contribution in [2.24, 2.45) is 12.0 Å². The number of hydrogen-bond acceptors (Lipinski definition) is 5. The second kappa shape index (κ2) is 8.75. The van der Waals surface area contributed by atoms with Crippen LogP contribution in [0.3, 0.4) is 0 Å². The molecule has 1 amide bonds. The molecule has 0 saturated carbocycles. The molecule has 1 aliphatic rings. The van der Waals surface area contributed by atoms with Crippen molar-refractivity contribution in [3.8, 4) is 5.75 Å². The van der Waals surface area contributed by atoms with Crippen LogP contribution in [-0.4, -0.2) is 72.0 Å². The monoisotopic (exact) mass is 386 g/mol. The number of aryl methyl sites for hydroxylation is 1. The van der Waals surface area contributed by atoms with E-state index in [4.69, 9.17) is 4.74 Å². The number of rotatable bonds is 5. The normalized spacial score (nSPS) is 16.3. The van der Waals surface area contributed by atoms with E-state index in [0.717, 1.165) is 11.3 Å². The number of guanidine groups is 1. The number of piperazine rings is 1. The minimum atomic E-state index is -0.723. The van der Waals surface area contributed by atoms with Crippen LogP contribution in [0.4, 0.5) is 5.69 Å². The van der Waals surface area contributed by atoms with Crippen molar-refractivity contribution in [2.45, 2.75) is 6.10 Å². The minimum absolute atomic E-state index is 0.0180. The number of nitrogens with zero attached hydrogens (tertiary/aromatic N) is 5. The molecule has 0 aliphatic carbocycles. The van der Waals surface area contributed by atoms with Gasteiger partial charge in [0, 0.05) is 39.9 Å². The van der Waals surface area contributed by atoms with E-state index in [0.29, 0.717) is 24.8 Å². The van der Waals surface area contributed by atoms with Crippen LogP contribution < -0.4 is 15.0 Å². The van der Waals surface area contributed by atoms with Gasteiger partial charge in [-0.2, -0.15) is 5.10 Å². The first-order valence-corrected chi connectivity index (χ1v) is 9.08. The zero-order valence-corrected chi connectivity index (χ0v) is 16.4. The van der Waals surface area contributed by atoms with Crippen molar-refractivity contribution in [1.29, 1.82) is 0 Å². The Morgan fingerprint density at radius 3 is 2.89 bits per heavy atom. The third-order valence-electron chi connectivity index (χ3n) is 4.67. The predicted octanol–water partition coefficient (Wildman–Crippen LogP) is 0.386. The van der Waals surface area contributed by atoms with Gasteiger partial charge in [-0.3, -0.25) is 14.5 Å². The molecule has 0 radical (unpaired) electrons. The van der Waals surface area contributed by atoms with Crippen LogP contribution in [-0.2, 0) is 11.8 Å². The maximum absolute atomic E-state index is 12.6. The Balaban J connectivity index is 1.57. The lowest BCUT2D eigenvalue weighted by Crippen LogP contribution is -2.55. The van der Waals surface area contributed by atoms with E-state index < -0.39 is 6.10 Å². The van der Waals surface area contributed by atoms with Gasteiger partial charge in [-0.25, -0.2) is 0 Å². The number of benzene rings is 1. The number of ether oxygens (including phenoxy) is 1. The summed E-state index contributed by atoms with van der Waals surface area (Å²) in [6, 6.07) is 7.30. The van der Waals surface area contributed by atoms with Crippen molar-refractivity contribution in [3.05, 3.63) is 42.2 Å². The molecule has 1 aromatic heterocycles. The first-order valence-electron chi connectivity index (χ1n) is 9.08. The molecule has 9 heteroatoms. The summed E-state index contributed by atoms with van der Waals surface area (Å²) >= 11 is 0. The van der Waals surface area contributed by atoms with Crippen molar-refractivity contribution in [2.75, 3.05) is 45.2 Å². The second-order valence-corrected chi connectivity index (χ2v) is 6.56. The van der Waals surface area contributed by atoms with Crippen molar-refractivity contribution in [1.82, 2.24) is 20.0 Å². The molecule has 2 aromatic rings. The van der Waals surface area contributed by atoms with Crippen LogP contribution in [0.25, 0.3) is 0 Å². The predicted molar refractivity (Wildman–Crippen MR) is 106 cm³/mol. The van der Waals surface area contributed by atoms with Crippen LogP contribution in [0.15, 0.2) is 41.7 Å².